The summed E-state index contributed by atoms with van der Waals surface area (Å²) in [6.45, 7) is 2.94. The van der Waals surface area contributed by atoms with Gasteiger partial charge in [-0.3, -0.25) is 4.79 Å². The summed E-state index contributed by atoms with van der Waals surface area (Å²) < 4.78 is 73.3. The van der Waals surface area contributed by atoms with E-state index in [1.807, 2.05) is 0 Å². The number of nitrogens with zero attached hydrogens (tertiary/aromatic N) is 2. The Kier molecular flexibility index (Phi) is 6.43. The van der Waals surface area contributed by atoms with Crippen molar-refractivity contribution in [2.75, 3.05) is 6.26 Å². The van der Waals surface area contributed by atoms with Crippen molar-refractivity contribution in [1.82, 2.24) is 19.8 Å². The fraction of sp³-hybridized carbons (Fsp3) is 0.682. The van der Waals surface area contributed by atoms with E-state index in [0.717, 1.165) is 31.5 Å². The first-order valence-corrected chi connectivity index (χ1v) is 13.5. The van der Waals surface area contributed by atoms with Crippen LogP contribution < -0.4 is 15.8 Å². The Morgan fingerprint density at radius 1 is 1.22 bits per heavy atom. The van der Waals surface area contributed by atoms with Gasteiger partial charge in [0, 0.05) is 17.8 Å². The SMILES string of the molecule is CC(C)(C=Cn1ncc(C(=O)NC2C3CC4CC2CC(OC(N)=O)(C4)C3)c1C(F)(F)F)NS(C)(=O)=O. The molecule has 2 atom stereocenters. The Bertz CT molecular complexity index is 1180. The fourth-order valence-electron chi connectivity index (χ4n) is 6.45. The summed E-state index contributed by atoms with van der Waals surface area (Å²) >= 11 is 0. The second-order valence-corrected chi connectivity index (χ2v) is 12.6. The predicted octanol–water partition coefficient (Wildman–Crippen LogP) is 2.47. The molecule has 200 valence electrons. The number of amides is 2. The summed E-state index contributed by atoms with van der Waals surface area (Å²) in [4.78, 5) is 24.5. The minimum Gasteiger partial charge on any atom is -0.443 e. The molecule has 4 fully saturated rings. The minimum atomic E-state index is -4.90. The number of rotatable bonds is 7. The monoisotopic (exact) mass is 533 g/mol. The second kappa shape index (κ2) is 8.75. The van der Waals surface area contributed by atoms with E-state index in [1.54, 1.807) is 0 Å². The van der Waals surface area contributed by atoms with E-state index in [1.165, 1.54) is 19.9 Å². The number of carbonyl (C=O) groups is 2. The van der Waals surface area contributed by atoms with E-state index in [-0.39, 0.29) is 17.9 Å². The predicted molar refractivity (Wildman–Crippen MR) is 123 cm³/mol. The molecule has 14 heteroatoms. The number of alkyl halides is 3. The number of nitrogens with one attached hydrogen (secondary N) is 2. The van der Waals surface area contributed by atoms with Crippen molar-refractivity contribution in [2.24, 2.45) is 23.5 Å². The maximum atomic E-state index is 14.0. The van der Waals surface area contributed by atoms with Crippen molar-refractivity contribution in [3.05, 3.63) is 23.5 Å². The molecule has 2 amide bonds. The molecule has 1 aromatic rings. The van der Waals surface area contributed by atoms with Crippen molar-refractivity contribution < 1.29 is 35.9 Å². The molecular weight excluding hydrogens is 503 g/mol. The molecule has 1 heterocycles. The number of hydrogen-bond acceptors (Lipinski definition) is 6. The van der Waals surface area contributed by atoms with Gasteiger partial charge in [0.15, 0.2) is 5.69 Å². The van der Waals surface area contributed by atoms with Gasteiger partial charge in [-0.15, -0.1) is 0 Å². The number of nitrogens with two attached hydrogens (primary N) is 1. The zero-order valence-electron chi connectivity index (χ0n) is 20.1. The standard InChI is InChI=1S/C22H30F3N5O5S/c1-20(2,29-36(3,33)34)4-5-30-17(22(23,24)25)15(11-27-30)18(31)28-16-13-6-12-7-14(16)10-21(8-12,9-13)35-19(26)32/h4-5,11-14,16,29H,6-10H2,1-3H3,(H2,26,32)(H,28,31). The smallest absolute Gasteiger partial charge is 0.434 e. The van der Waals surface area contributed by atoms with Crippen LogP contribution in [0, 0.1) is 17.8 Å². The van der Waals surface area contributed by atoms with Crippen molar-refractivity contribution in [3.63, 3.8) is 0 Å². The number of ether oxygens (including phenoxy) is 1. The van der Waals surface area contributed by atoms with E-state index in [2.05, 4.69) is 15.1 Å². The van der Waals surface area contributed by atoms with E-state index in [0.29, 0.717) is 29.9 Å². The highest BCUT2D eigenvalue weighted by molar-refractivity contribution is 7.88. The quantitative estimate of drug-likeness (QED) is 0.491. The van der Waals surface area contributed by atoms with Gasteiger partial charge in [-0.25, -0.2) is 22.6 Å². The van der Waals surface area contributed by atoms with Gasteiger partial charge in [-0.2, -0.15) is 18.3 Å². The second-order valence-electron chi connectivity index (χ2n) is 10.8. The highest BCUT2D eigenvalue weighted by Crippen LogP contribution is 2.57. The van der Waals surface area contributed by atoms with E-state index >= 15 is 0 Å². The molecule has 10 nitrogen and oxygen atoms in total. The summed E-state index contributed by atoms with van der Waals surface area (Å²) in [6.07, 6.45) is 1.55. The van der Waals surface area contributed by atoms with Crippen LogP contribution in [0.15, 0.2) is 12.3 Å². The van der Waals surface area contributed by atoms with Crippen LogP contribution in [-0.2, 0) is 20.9 Å². The minimum absolute atomic E-state index is 0.0355. The summed E-state index contributed by atoms with van der Waals surface area (Å²) in [5, 5.41) is 6.53. The molecule has 0 spiro atoms. The zero-order valence-corrected chi connectivity index (χ0v) is 20.9. The molecule has 0 radical (unpaired) electrons. The normalized spacial score (nSPS) is 30.1. The topological polar surface area (TPSA) is 145 Å². The molecule has 0 saturated heterocycles. The molecule has 4 bridgehead atoms. The molecule has 36 heavy (non-hydrogen) atoms. The van der Waals surface area contributed by atoms with E-state index in [9.17, 15) is 31.2 Å². The van der Waals surface area contributed by atoms with Crippen LogP contribution in [0.4, 0.5) is 18.0 Å². The van der Waals surface area contributed by atoms with Crippen LogP contribution in [-0.4, -0.2) is 53.6 Å². The Morgan fingerprint density at radius 2 is 1.83 bits per heavy atom. The Hall–Kier alpha value is -2.61. The maximum Gasteiger partial charge on any atom is 0.434 e. The lowest BCUT2D eigenvalue weighted by Gasteiger charge is -2.58. The third kappa shape index (κ3) is 5.53. The third-order valence-electron chi connectivity index (χ3n) is 7.22. The lowest BCUT2D eigenvalue weighted by atomic mass is 9.52. The van der Waals surface area contributed by atoms with Crippen LogP contribution in [0.2, 0.25) is 0 Å². The highest BCUT2D eigenvalue weighted by atomic mass is 32.2. The molecule has 5 rings (SSSR count). The first-order chi connectivity index (χ1) is 16.5. The number of aromatic nitrogens is 2. The molecule has 4 aliphatic carbocycles. The Morgan fingerprint density at radius 3 is 2.36 bits per heavy atom. The zero-order chi connectivity index (χ0) is 26.7. The fourth-order valence-corrected chi connectivity index (χ4v) is 7.47. The molecule has 4 saturated carbocycles. The van der Waals surface area contributed by atoms with E-state index < -0.39 is 50.6 Å². The van der Waals surface area contributed by atoms with Crippen LogP contribution in [0.1, 0.15) is 62.0 Å². The maximum absolute atomic E-state index is 14.0. The largest absolute Gasteiger partial charge is 0.443 e. The molecule has 1 aromatic heterocycles. The average Bonchev–Trinajstić information content (AvgIpc) is 3.10. The molecule has 0 aliphatic heterocycles. The first kappa shape index (κ1) is 26.5. The number of sulfonamides is 1. The van der Waals surface area contributed by atoms with Gasteiger partial charge >= 0.3 is 12.3 Å². The van der Waals surface area contributed by atoms with Gasteiger partial charge in [-0.05, 0) is 69.8 Å². The number of hydrogen-bond donors (Lipinski definition) is 3. The van der Waals surface area contributed by atoms with Crippen molar-refractivity contribution in [2.45, 2.75) is 69.3 Å². The van der Waals surface area contributed by atoms with E-state index in [4.69, 9.17) is 10.5 Å². The van der Waals surface area contributed by atoms with Gasteiger partial charge in [0.25, 0.3) is 5.91 Å². The Balaban J connectivity index is 1.55. The van der Waals surface area contributed by atoms with Crippen molar-refractivity contribution >= 4 is 28.2 Å². The summed E-state index contributed by atoms with van der Waals surface area (Å²) in [5.74, 6) is -0.645. The lowest BCUT2D eigenvalue weighted by Crippen LogP contribution is -2.63. The van der Waals surface area contributed by atoms with Crippen LogP contribution in [0.3, 0.4) is 0 Å². The molecular formula is C22H30F3N5O5S. The number of primary amides is 1. The van der Waals surface area contributed by atoms with Crippen LogP contribution in [0.25, 0.3) is 6.20 Å². The van der Waals surface area contributed by atoms with Crippen LogP contribution in [0.5, 0.6) is 0 Å². The molecule has 4 aliphatic rings. The summed E-state index contributed by atoms with van der Waals surface area (Å²) in [5.41, 5.74) is 1.51. The third-order valence-corrected chi connectivity index (χ3v) is 8.12. The average molecular weight is 534 g/mol. The number of halogens is 3. The molecule has 0 aromatic carbocycles. The van der Waals surface area contributed by atoms with Gasteiger partial charge in [-0.1, -0.05) is 0 Å². The highest BCUT2D eigenvalue weighted by Gasteiger charge is 2.57. The van der Waals surface area contributed by atoms with Gasteiger partial charge in [0.2, 0.25) is 10.0 Å². The summed E-state index contributed by atoms with van der Waals surface area (Å²) in [7, 11) is -3.62. The molecule has 4 N–H and O–H groups in total. The van der Waals surface area contributed by atoms with Crippen molar-refractivity contribution in [3.8, 4) is 0 Å². The van der Waals surface area contributed by atoms with Gasteiger partial charge < -0.3 is 15.8 Å². The summed E-state index contributed by atoms with van der Waals surface area (Å²) in [6, 6.07) is -0.350. The van der Waals surface area contributed by atoms with Crippen molar-refractivity contribution in [1.29, 1.82) is 0 Å². The first-order valence-electron chi connectivity index (χ1n) is 11.6. The van der Waals surface area contributed by atoms with Gasteiger partial charge in [0.05, 0.1) is 18.0 Å². The lowest BCUT2D eigenvalue weighted by molar-refractivity contribution is -0.143. The van der Waals surface area contributed by atoms with Gasteiger partial charge in [0.1, 0.15) is 5.60 Å². The van der Waals surface area contributed by atoms with Crippen LogP contribution >= 0.6 is 0 Å². The number of carbonyl (C=O) groups excluding carboxylic acids is 2. The Labute approximate surface area is 206 Å². The molecule has 2 unspecified atom stereocenters.